The minimum Gasteiger partial charge on any atom is -0.477 e. The van der Waals surface area contributed by atoms with Crippen molar-refractivity contribution in [3.63, 3.8) is 0 Å². The first-order chi connectivity index (χ1) is 11.9. The number of carboxylic acids is 1. The molecule has 0 spiro atoms. The van der Waals surface area contributed by atoms with Gasteiger partial charge in [-0.3, -0.25) is 14.5 Å². The second-order valence-electron chi connectivity index (χ2n) is 5.74. The topological polar surface area (TPSA) is 113 Å². The lowest BCUT2D eigenvalue weighted by Gasteiger charge is -2.49. The number of aliphatic carboxylic acids is 1. The van der Waals surface area contributed by atoms with Crippen LogP contribution in [0, 0.1) is 0 Å². The number of carboxylic acid groups (broad SMARTS) is 1. The maximum absolute atomic E-state index is 12.4. The van der Waals surface area contributed by atoms with Gasteiger partial charge in [0.1, 0.15) is 11.7 Å². The fourth-order valence-electron chi connectivity index (χ4n) is 3.18. The Morgan fingerprint density at radius 3 is 2.80 bits per heavy atom. The van der Waals surface area contributed by atoms with E-state index in [1.165, 1.54) is 11.3 Å². The van der Waals surface area contributed by atoms with Gasteiger partial charge < -0.3 is 15.2 Å². The fourth-order valence-corrected chi connectivity index (χ4v) is 3.88. The number of rotatable bonds is 5. The van der Waals surface area contributed by atoms with E-state index in [1.807, 2.05) is 17.5 Å². The van der Waals surface area contributed by atoms with Crippen LogP contribution in [0.3, 0.4) is 0 Å². The van der Waals surface area contributed by atoms with Crippen LogP contribution < -0.4 is 5.32 Å². The Bertz CT molecular complexity index is 770. The van der Waals surface area contributed by atoms with Crippen molar-refractivity contribution >= 4 is 35.1 Å². The average Bonchev–Trinajstić information content (AvgIpc) is 3.10. The van der Waals surface area contributed by atoms with Gasteiger partial charge in [-0.2, -0.15) is 0 Å². The predicted octanol–water partition coefficient (Wildman–Crippen LogP) is 0.292. The first-order valence-corrected chi connectivity index (χ1v) is 8.51. The smallest absolute Gasteiger partial charge is 0.353 e. The Hall–Kier alpha value is -2.68. The van der Waals surface area contributed by atoms with Crippen LogP contribution in [0.4, 0.5) is 0 Å². The number of carbonyl (C=O) groups excluding carboxylic acids is 3. The van der Waals surface area contributed by atoms with Crippen LogP contribution in [0.2, 0.25) is 0 Å². The average molecular weight is 364 g/mol. The molecule has 8 nitrogen and oxygen atoms in total. The number of fused-ring (bicyclic) bond motifs is 1. The molecule has 2 aliphatic rings. The number of nitrogens with zero attached hydrogens (tertiary/aromatic N) is 1. The number of esters is 1. The molecule has 1 aromatic heterocycles. The molecular formula is C16H16N2O6S. The molecule has 0 radical (unpaired) electrons. The van der Waals surface area contributed by atoms with Crippen LogP contribution in [-0.2, 0) is 30.3 Å². The summed E-state index contributed by atoms with van der Waals surface area (Å²) in [4.78, 5) is 49.7. The van der Waals surface area contributed by atoms with Crippen molar-refractivity contribution in [2.24, 2.45) is 0 Å². The highest BCUT2D eigenvalue weighted by Gasteiger charge is 2.54. The number of carbonyl (C=O) groups is 4. The highest BCUT2D eigenvalue weighted by molar-refractivity contribution is 7.10. The number of thiophene rings is 1. The van der Waals surface area contributed by atoms with E-state index in [1.54, 1.807) is 0 Å². The van der Waals surface area contributed by atoms with E-state index in [9.17, 15) is 24.3 Å². The quantitative estimate of drug-likeness (QED) is 0.574. The Kier molecular flexibility index (Phi) is 4.58. The van der Waals surface area contributed by atoms with E-state index >= 15 is 0 Å². The lowest BCUT2D eigenvalue weighted by molar-refractivity contribution is -0.156. The van der Waals surface area contributed by atoms with E-state index in [4.69, 9.17) is 0 Å². The Balaban J connectivity index is 1.74. The summed E-state index contributed by atoms with van der Waals surface area (Å²) in [5.41, 5.74) is -0.375. The Morgan fingerprint density at radius 1 is 1.44 bits per heavy atom. The zero-order valence-corrected chi connectivity index (χ0v) is 14.2. The Morgan fingerprint density at radius 2 is 2.20 bits per heavy atom. The Labute approximate surface area is 147 Å². The second-order valence-corrected chi connectivity index (χ2v) is 6.77. The molecule has 2 N–H and O–H groups in total. The molecule has 2 atom stereocenters. The van der Waals surface area contributed by atoms with Gasteiger partial charge in [-0.15, -0.1) is 11.3 Å². The first-order valence-electron chi connectivity index (χ1n) is 7.63. The maximum atomic E-state index is 12.4. The van der Waals surface area contributed by atoms with Crippen LogP contribution >= 0.6 is 11.3 Å². The minimum atomic E-state index is -1.36. The summed E-state index contributed by atoms with van der Waals surface area (Å²) < 4.78 is 4.60. The van der Waals surface area contributed by atoms with Crippen molar-refractivity contribution in [3.05, 3.63) is 33.7 Å². The molecule has 0 bridgehead atoms. The fraction of sp³-hybridized carbons (Fsp3) is 0.375. The molecule has 25 heavy (non-hydrogen) atoms. The standard InChI is InChI=1S/C16H16N2O6S/c1-24-16(23)9-4-5-10-12(14(20)18(10)13(9)15(21)22)17-11(19)7-8-3-2-6-25-8/h2-3,6,10,12H,4-5,7H2,1H3,(H,17,19)(H,21,22)/t10-,12+/m1/s1. The maximum Gasteiger partial charge on any atom is 0.353 e. The highest BCUT2D eigenvalue weighted by atomic mass is 32.1. The second kappa shape index (κ2) is 6.67. The van der Waals surface area contributed by atoms with Gasteiger partial charge in [0.15, 0.2) is 0 Å². The van der Waals surface area contributed by atoms with Crippen molar-refractivity contribution in [2.45, 2.75) is 31.3 Å². The molecule has 9 heteroatoms. The monoisotopic (exact) mass is 364 g/mol. The largest absolute Gasteiger partial charge is 0.477 e. The van der Waals surface area contributed by atoms with Crippen LogP contribution in [0.15, 0.2) is 28.8 Å². The molecule has 1 aromatic rings. The van der Waals surface area contributed by atoms with Crippen molar-refractivity contribution in [1.82, 2.24) is 10.2 Å². The molecule has 2 aliphatic heterocycles. The SMILES string of the molecule is COC(=O)C1=C(C(=O)O)N2C(=O)[C@@H](NC(=O)Cc3cccs3)[C@H]2CC1. The number of hydrogen-bond acceptors (Lipinski definition) is 6. The number of ether oxygens (including phenoxy) is 1. The van der Waals surface area contributed by atoms with Gasteiger partial charge >= 0.3 is 11.9 Å². The summed E-state index contributed by atoms with van der Waals surface area (Å²) in [5.74, 6) is -2.93. The van der Waals surface area contributed by atoms with E-state index in [2.05, 4.69) is 10.1 Å². The third-order valence-corrected chi connectivity index (χ3v) is 5.18. The van der Waals surface area contributed by atoms with Crippen molar-refractivity contribution in [3.8, 4) is 0 Å². The van der Waals surface area contributed by atoms with Gasteiger partial charge in [0, 0.05) is 4.88 Å². The van der Waals surface area contributed by atoms with Crippen LogP contribution in [0.25, 0.3) is 0 Å². The van der Waals surface area contributed by atoms with Crippen LogP contribution in [0.5, 0.6) is 0 Å². The third kappa shape index (κ3) is 3.02. The number of amides is 2. The molecule has 0 saturated carbocycles. The predicted molar refractivity (Wildman–Crippen MR) is 86.5 cm³/mol. The van der Waals surface area contributed by atoms with E-state index in [-0.39, 0.29) is 30.0 Å². The molecule has 1 saturated heterocycles. The lowest BCUT2D eigenvalue weighted by atomic mass is 9.83. The molecule has 2 amide bonds. The van der Waals surface area contributed by atoms with Crippen molar-refractivity contribution in [1.29, 1.82) is 0 Å². The highest BCUT2D eigenvalue weighted by Crippen LogP contribution is 2.37. The van der Waals surface area contributed by atoms with Gasteiger partial charge in [0.25, 0.3) is 5.91 Å². The van der Waals surface area contributed by atoms with Gasteiger partial charge in [-0.1, -0.05) is 6.07 Å². The minimum absolute atomic E-state index is 0.0250. The normalized spacial score (nSPS) is 22.1. The van der Waals surface area contributed by atoms with Gasteiger partial charge in [0.2, 0.25) is 5.91 Å². The molecule has 3 rings (SSSR count). The summed E-state index contributed by atoms with van der Waals surface area (Å²) in [5, 5.41) is 13.9. The third-order valence-electron chi connectivity index (χ3n) is 4.30. The summed E-state index contributed by atoms with van der Waals surface area (Å²) in [6.07, 6.45) is 0.736. The number of hydrogen-bond donors (Lipinski definition) is 2. The molecular weight excluding hydrogens is 348 g/mol. The zero-order valence-electron chi connectivity index (χ0n) is 13.4. The molecule has 0 aliphatic carbocycles. The van der Waals surface area contributed by atoms with Crippen molar-refractivity contribution < 1.29 is 29.0 Å². The number of nitrogens with one attached hydrogen (secondary N) is 1. The number of β-lactam (4-membered cyclic amide) rings is 1. The van der Waals surface area contributed by atoms with E-state index in [0.29, 0.717) is 6.42 Å². The lowest BCUT2D eigenvalue weighted by Crippen LogP contribution is -2.71. The van der Waals surface area contributed by atoms with Gasteiger partial charge in [-0.25, -0.2) is 9.59 Å². The van der Waals surface area contributed by atoms with Crippen molar-refractivity contribution in [2.75, 3.05) is 7.11 Å². The summed E-state index contributed by atoms with van der Waals surface area (Å²) >= 11 is 1.45. The molecule has 0 unspecified atom stereocenters. The molecule has 3 heterocycles. The zero-order chi connectivity index (χ0) is 18.1. The molecule has 1 fully saturated rings. The van der Waals surface area contributed by atoms with E-state index in [0.717, 1.165) is 16.9 Å². The molecule has 132 valence electrons. The summed E-state index contributed by atoms with van der Waals surface area (Å²) in [6, 6.07) is 2.44. The van der Waals surface area contributed by atoms with Crippen LogP contribution in [0.1, 0.15) is 17.7 Å². The van der Waals surface area contributed by atoms with Gasteiger partial charge in [0.05, 0.1) is 25.1 Å². The summed E-state index contributed by atoms with van der Waals surface area (Å²) in [7, 11) is 1.16. The summed E-state index contributed by atoms with van der Waals surface area (Å²) in [6.45, 7) is 0. The van der Waals surface area contributed by atoms with E-state index < -0.39 is 29.9 Å². The first kappa shape index (κ1) is 17.2. The van der Waals surface area contributed by atoms with Gasteiger partial charge in [-0.05, 0) is 24.3 Å². The molecule has 0 aromatic carbocycles. The number of methoxy groups -OCH3 is 1. The van der Waals surface area contributed by atoms with Crippen LogP contribution in [-0.4, -0.2) is 53.0 Å².